The van der Waals surface area contributed by atoms with Crippen LogP contribution in [0.2, 0.25) is 0 Å². The van der Waals surface area contributed by atoms with Crippen LogP contribution in [0, 0.1) is 12.8 Å². The van der Waals surface area contributed by atoms with Crippen molar-refractivity contribution in [2.75, 3.05) is 36.4 Å². The lowest BCUT2D eigenvalue weighted by Crippen LogP contribution is -2.36. The number of nitrogens with zero attached hydrogens (tertiary/aromatic N) is 3. The molecule has 2 aliphatic rings. The zero-order valence-electron chi connectivity index (χ0n) is 17.7. The van der Waals surface area contributed by atoms with E-state index in [1.165, 1.54) is 19.3 Å². The van der Waals surface area contributed by atoms with E-state index in [-0.39, 0.29) is 17.0 Å². The molecular weight excluding hydrogens is 378 g/mol. The van der Waals surface area contributed by atoms with Gasteiger partial charge in [-0.25, -0.2) is 4.98 Å². The molecule has 0 spiro atoms. The van der Waals surface area contributed by atoms with Crippen LogP contribution in [-0.2, 0) is 6.54 Å². The molecular formula is C23H31N5O2. The van der Waals surface area contributed by atoms with Crippen LogP contribution in [-0.4, -0.2) is 41.6 Å². The molecule has 1 unspecified atom stereocenters. The number of hydrogen-bond donors (Lipinski definition) is 2. The molecule has 1 amide bonds. The Morgan fingerprint density at radius 2 is 2.03 bits per heavy atom. The summed E-state index contributed by atoms with van der Waals surface area (Å²) in [5.74, 6) is 0.981. The summed E-state index contributed by atoms with van der Waals surface area (Å²) in [5.41, 5.74) is 1.28. The molecule has 2 aromatic heterocycles. The third kappa shape index (κ3) is 4.73. The van der Waals surface area contributed by atoms with Crippen molar-refractivity contribution in [2.45, 2.75) is 45.6 Å². The Labute approximate surface area is 177 Å². The van der Waals surface area contributed by atoms with Crippen molar-refractivity contribution in [3.63, 3.8) is 0 Å². The number of aromatic nitrogens is 2. The Morgan fingerprint density at radius 3 is 2.73 bits per heavy atom. The van der Waals surface area contributed by atoms with Gasteiger partial charge in [-0.1, -0.05) is 0 Å². The molecule has 4 rings (SSSR count). The smallest absolute Gasteiger partial charge is 0.263 e. The highest BCUT2D eigenvalue weighted by Gasteiger charge is 2.19. The van der Waals surface area contributed by atoms with Crippen LogP contribution in [0.4, 0.5) is 11.5 Å². The minimum atomic E-state index is -0.374. The van der Waals surface area contributed by atoms with Crippen LogP contribution in [0.3, 0.4) is 0 Å². The van der Waals surface area contributed by atoms with Gasteiger partial charge in [0.25, 0.3) is 11.5 Å². The molecule has 0 radical (unpaired) electrons. The van der Waals surface area contributed by atoms with E-state index in [0.717, 1.165) is 44.8 Å². The summed E-state index contributed by atoms with van der Waals surface area (Å²) in [6.45, 7) is 6.45. The van der Waals surface area contributed by atoms with Crippen LogP contribution >= 0.6 is 0 Å². The zero-order valence-corrected chi connectivity index (χ0v) is 17.7. The van der Waals surface area contributed by atoms with E-state index >= 15 is 0 Å². The lowest BCUT2D eigenvalue weighted by Gasteiger charge is -2.27. The normalized spacial score (nSPS) is 19.5. The summed E-state index contributed by atoms with van der Waals surface area (Å²) >= 11 is 0. The second-order valence-electron chi connectivity index (χ2n) is 8.45. The monoisotopic (exact) mass is 409 g/mol. The fraction of sp³-hybridized carbons (Fsp3) is 0.522. The largest absolute Gasteiger partial charge is 0.357 e. The molecule has 2 aromatic rings. The van der Waals surface area contributed by atoms with E-state index in [2.05, 4.69) is 20.5 Å². The number of rotatable bonds is 5. The van der Waals surface area contributed by atoms with E-state index in [0.29, 0.717) is 23.7 Å². The fourth-order valence-corrected chi connectivity index (χ4v) is 4.41. The Balaban J connectivity index is 1.47. The number of aryl methyl sites for hydroxylation is 1. The summed E-state index contributed by atoms with van der Waals surface area (Å²) in [5, 5.41) is 6.23. The Bertz CT molecular complexity index is 926. The first-order chi connectivity index (χ1) is 14.6. The highest BCUT2D eigenvalue weighted by atomic mass is 16.2. The number of hydrogen-bond acceptors (Lipinski definition) is 5. The third-order valence-corrected chi connectivity index (χ3v) is 6.14. The molecule has 2 aliphatic heterocycles. The van der Waals surface area contributed by atoms with Gasteiger partial charge in [-0.05, 0) is 81.8 Å². The van der Waals surface area contributed by atoms with Crippen molar-refractivity contribution in [1.29, 1.82) is 0 Å². The first-order valence-electron chi connectivity index (χ1n) is 11.0. The first kappa shape index (κ1) is 20.6. The van der Waals surface area contributed by atoms with Gasteiger partial charge in [-0.2, -0.15) is 0 Å². The molecule has 7 heteroatoms. The van der Waals surface area contributed by atoms with Crippen molar-refractivity contribution >= 4 is 17.4 Å². The maximum Gasteiger partial charge on any atom is 0.263 e. The van der Waals surface area contributed by atoms with Crippen LogP contribution in [0.25, 0.3) is 0 Å². The lowest BCUT2D eigenvalue weighted by atomic mass is 9.99. The molecule has 1 atom stereocenters. The van der Waals surface area contributed by atoms with Gasteiger partial charge in [0.05, 0.1) is 11.9 Å². The van der Waals surface area contributed by atoms with Gasteiger partial charge < -0.3 is 20.1 Å². The number of piperidine rings is 2. The van der Waals surface area contributed by atoms with Crippen molar-refractivity contribution in [1.82, 2.24) is 14.9 Å². The van der Waals surface area contributed by atoms with Crippen molar-refractivity contribution in [3.05, 3.63) is 52.1 Å². The molecule has 0 aliphatic carbocycles. The van der Waals surface area contributed by atoms with E-state index in [9.17, 15) is 9.59 Å². The number of pyridine rings is 2. The Kier molecular flexibility index (Phi) is 6.47. The molecule has 2 N–H and O–H groups in total. The number of amides is 1. The lowest BCUT2D eigenvalue weighted by molar-refractivity contribution is 0.102. The summed E-state index contributed by atoms with van der Waals surface area (Å²) in [4.78, 5) is 32.7. The van der Waals surface area contributed by atoms with E-state index in [1.807, 2.05) is 18.2 Å². The Hall–Kier alpha value is -2.67. The highest BCUT2D eigenvalue weighted by Crippen LogP contribution is 2.19. The highest BCUT2D eigenvalue weighted by molar-refractivity contribution is 6.04. The van der Waals surface area contributed by atoms with E-state index in [1.54, 1.807) is 23.9 Å². The van der Waals surface area contributed by atoms with Gasteiger partial charge in [0, 0.05) is 25.8 Å². The van der Waals surface area contributed by atoms with Crippen LogP contribution in [0.5, 0.6) is 0 Å². The van der Waals surface area contributed by atoms with E-state index < -0.39 is 0 Å². The minimum Gasteiger partial charge on any atom is -0.357 e. The summed E-state index contributed by atoms with van der Waals surface area (Å²) < 4.78 is 1.68. The predicted molar refractivity (Wildman–Crippen MR) is 119 cm³/mol. The van der Waals surface area contributed by atoms with Crippen LogP contribution in [0.1, 0.15) is 48.0 Å². The summed E-state index contributed by atoms with van der Waals surface area (Å²) in [6.07, 6.45) is 9.36. The molecule has 0 aromatic carbocycles. The van der Waals surface area contributed by atoms with Gasteiger partial charge in [0.1, 0.15) is 11.4 Å². The molecule has 0 saturated carbocycles. The second-order valence-corrected chi connectivity index (χ2v) is 8.45. The van der Waals surface area contributed by atoms with Gasteiger partial charge in [0.15, 0.2) is 0 Å². The van der Waals surface area contributed by atoms with Crippen molar-refractivity contribution in [3.8, 4) is 0 Å². The fourth-order valence-electron chi connectivity index (χ4n) is 4.41. The third-order valence-electron chi connectivity index (χ3n) is 6.14. The SMILES string of the molecule is Cc1ccn(CC2CCCNC2)c(=O)c1C(=O)Nc1ccc(N2CCCCC2)nc1. The van der Waals surface area contributed by atoms with Crippen LogP contribution in [0.15, 0.2) is 35.4 Å². The number of anilines is 2. The molecule has 2 fully saturated rings. The van der Waals surface area contributed by atoms with Crippen molar-refractivity contribution < 1.29 is 4.79 Å². The predicted octanol–water partition coefficient (Wildman–Crippen LogP) is 2.79. The Morgan fingerprint density at radius 1 is 1.20 bits per heavy atom. The second kappa shape index (κ2) is 9.43. The average Bonchev–Trinajstić information content (AvgIpc) is 2.78. The summed E-state index contributed by atoms with van der Waals surface area (Å²) in [7, 11) is 0. The number of nitrogens with one attached hydrogen (secondary N) is 2. The van der Waals surface area contributed by atoms with Crippen LogP contribution < -0.4 is 21.1 Å². The first-order valence-corrected chi connectivity index (χ1v) is 11.0. The molecule has 160 valence electrons. The molecule has 2 saturated heterocycles. The maximum atomic E-state index is 13.0. The van der Waals surface area contributed by atoms with Crippen molar-refractivity contribution in [2.24, 2.45) is 5.92 Å². The topological polar surface area (TPSA) is 79.3 Å². The minimum absolute atomic E-state index is 0.210. The van der Waals surface area contributed by atoms with Gasteiger partial charge >= 0.3 is 0 Å². The standard InChI is InChI=1S/C23H31N5O2/c1-17-9-13-28(16-18-6-5-10-24-14-18)23(30)21(17)22(29)26-19-7-8-20(25-15-19)27-11-3-2-4-12-27/h7-9,13,15,18,24H,2-6,10-12,14,16H2,1H3,(H,26,29). The number of carbonyl (C=O) groups excluding carboxylic acids is 1. The van der Waals surface area contributed by atoms with Gasteiger partial charge in [0.2, 0.25) is 0 Å². The van der Waals surface area contributed by atoms with Gasteiger partial charge in [-0.3, -0.25) is 9.59 Å². The molecule has 4 heterocycles. The average molecular weight is 410 g/mol. The number of carbonyl (C=O) groups is 1. The molecule has 7 nitrogen and oxygen atoms in total. The van der Waals surface area contributed by atoms with Gasteiger partial charge in [-0.15, -0.1) is 0 Å². The zero-order chi connectivity index (χ0) is 20.9. The molecule has 0 bridgehead atoms. The quantitative estimate of drug-likeness (QED) is 0.794. The maximum absolute atomic E-state index is 13.0. The van der Waals surface area contributed by atoms with E-state index in [4.69, 9.17) is 0 Å². The molecule has 30 heavy (non-hydrogen) atoms. The summed E-state index contributed by atoms with van der Waals surface area (Å²) in [6, 6.07) is 5.65.